The molecule has 0 N–H and O–H groups in total. The molecular formula is C35H38F4O. The number of hydrogen-bond donors (Lipinski definition) is 0. The van der Waals surface area contributed by atoms with Gasteiger partial charge < -0.3 is 4.74 Å². The van der Waals surface area contributed by atoms with E-state index in [2.05, 4.69) is 13.0 Å². The van der Waals surface area contributed by atoms with E-state index in [1.165, 1.54) is 50.7 Å². The molecule has 0 aliphatic heterocycles. The Morgan fingerprint density at radius 2 is 1.23 bits per heavy atom. The minimum Gasteiger partial charge on any atom is -0.491 e. The Hall–Kier alpha value is -3.08. The molecule has 1 unspecified atom stereocenters. The van der Waals surface area contributed by atoms with Crippen molar-refractivity contribution >= 4 is 5.57 Å². The second kappa shape index (κ2) is 12.6. The maximum absolute atomic E-state index is 15.3. The van der Waals surface area contributed by atoms with Crippen molar-refractivity contribution in [3.8, 4) is 28.0 Å². The molecule has 5 rings (SSSR count). The maximum Gasteiger partial charge on any atom is 0.201 e. The number of allylic oxidation sites excluding steroid dienone is 2. The zero-order valence-corrected chi connectivity index (χ0v) is 23.4. The summed E-state index contributed by atoms with van der Waals surface area (Å²) in [6.45, 7) is 4.18. The summed E-state index contributed by atoms with van der Waals surface area (Å²) in [6.07, 6.45) is 12.7. The van der Waals surface area contributed by atoms with Crippen molar-refractivity contribution in [3.05, 3.63) is 83.4 Å². The highest BCUT2D eigenvalue weighted by Crippen LogP contribution is 2.43. The van der Waals surface area contributed by atoms with E-state index in [4.69, 9.17) is 4.74 Å². The van der Waals surface area contributed by atoms with Crippen LogP contribution in [0.25, 0.3) is 27.8 Å². The summed E-state index contributed by atoms with van der Waals surface area (Å²) in [5.41, 5.74) is 2.35. The molecule has 0 radical (unpaired) electrons. The lowest BCUT2D eigenvalue weighted by atomic mass is 9.70. The molecule has 1 fully saturated rings. The van der Waals surface area contributed by atoms with Crippen LogP contribution in [-0.4, -0.2) is 6.61 Å². The van der Waals surface area contributed by atoms with Crippen LogP contribution in [0.1, 0.15) is 77.2 Å². The third kappa shape index (κ3) is 5.84. The van der Waals surface area contributed by atoms with Crippen LogP contribution in [0.5, 0.6) is 5.75 Å². The molecule has 2 aliphatic carbocycles. The van der Waals surface area contributed by atoms with E-state index >= 15 is 8.78 Å². The highest BCUT2D eigenvalue weighted by atomic mass is 19.2. The van der Waals surface area contributed by atoms with E-state index in [1.54, 1.807) is 43.3 Å². The summed E-state index contributed by atoms with van der Waals surface area (Å²) in [5, 5.41) is 0. The second-order valence-electron chi connectivity index (χ2n) is 11.4. The average molecular weight is 551 g/mol. The standard InChI is InChI=1S/C35H38F4O/c1-3-5-22-6-8-23(9-7-22)24-10-12-25(13-11-24)28-18-19-29(33(37)32(28)36)26-14-16-27(17-15-26)30-20-21-31(40-4-2)35(39)34(30)38/h12,14-24H,3-11,13H2,1-2H3. The van der Waals surface area contributed by atoms with Crippen molar-refractivity contribution in [2.24, 2.45) is 17.8 Å². The molecule has 0 heterocycles. The molecule has 1 atom stereocenters. The number of halogens is 4. The van der Waals surface area contributed by atoms with Gasteiger partial charge in [0, 0.05) is 16.7 Å². The molecular weight excluding hydrogens is 512 g/mol. The summed E-state index contributed by atoms with van der Waals surface area (Å²) in [7, 11) is 0. The molecule has 40 heavy (non-hydrogen) atoms. The Morgan fingerprint density at radius 1 is 0.650 bits per heavy atom. The first-order valence-corrected chi connectivity index (χ1v) is 14.8. The first-order valence-electron chi connectivity index (χ1n) is 14.8. The van der Waals surface area contributed by atoms with E-state index in [-0.39, 0.29) is 23.5 Å². The van der Waals surface area contributed by atoms with Crippen LogP contribution >= 0.6 is 0 Å². The summed E-state index contributed by atoms with van der Waals surface area (Å²) in [5.74, 6) is -1.62. The smallest absolute Gasteiger partial charge is 0.201 e. The SMILES string of the molecule is CCCC1CCC(C2CC=C(c3ccc(-c4ccc(-c5ccc(OCC)c(F)c5F)cc4)c(F)c3F)CC2)CC1. The van der Waals surface area contributed by atoms with Crippen molar-refractivity contribution in [2.45, 2.75) is 71.6 Å². The highest BCUT2D eigenvalue weighted by Gasteiger charge is 2.29. The fourth-order valence-corrected chi connectivity index (χ4v) is 6.76. The van der Waals surface area contributed by atoms with Crippen molar-refractivity contribution in [3.63, 3.8) is 0 Å². The first-order chi connectivity index (χ1) is 19.4. The van der Waals surface area contributed by atoms with Gasteiger partial charge in [0.2, 0.25) is 5.82 Å². The fraction of sp³-hybridized carbons (Fsp3) is 0.429. The van der Waals surface area contributed by atoms with Gasteiger partial charge in [-0.15, -0.1) is 0 Å². The van der Waals surface area contributed by atoms with Gasteiger partial charge in [-0.3, -0.25) is 0 Å². The van der Waals surface area contributed by atoms with E-state index in [0.29, 0.717) is 22.6 Å². The number of benzene rings is 3. The molecule has 0 spiro atoms. The Bertz CT molecular complexity index is 1350. The normalized spacial score (nSPS) is 21.2. The molecule has 212 valence electrons. The van der Waals surface area contributed by atoms with Crippen LogP contribution in [0.3, 0.4) is 0 Å². The molecule has 0 saturated heterocycles. The summed E-state index contributed by atoms with van der Waals surface area (Å²) < 4.78 is 64.7. The van der Waals surface area contributed by atoms with Crippen LogP contribution in [-0.2, 0) is 0 Å². The second-order valence-corrected chi connectivity index (χ2v) is 11.4. The van der Waals surface area contributed by atoms with Crippen molar-refractivity contribution in [2.75, 3.05) is 6.61 Å². The van der Waals surface area contributed by atoms with E-state index in [9.17, 15) is 8.78 Å². The summed E-state index contributed by atoms with van der Waals surface area (Å²) in [6, 6.07) is 12.5. The molecule has 0 aromatic heterocycles. The molecule has 5 heteroatoms. The highest BCUT2D eigenvalue weighted by molar-refractivity contribution is 5.74. The number of rotatable bonds is 8. The minimum atomic E-state index is -1.05. The van der Waals surface area contributed by atoms with E-state index < -0.39 is 23.3 Å². The van der Waals surface area contributed by atoms with Gasteiger partial charge in [0.25, 0.3) is 0 Å². The quantitative estimate of drug-likeness (QED) is 0.254. The van der Waals surface area contributed by atoms with E-state index in [1.807, 2.05) is 0 Å². The van der Waals surface area contributed by atoms with Crippen LogP contribution in [0.2, 0.25) is 0 Å². The lowest BCUT2D eigenvalue weighted by Crippen LogP contribution is -2.23. The monoisotopic (exact) mass is 550 g/mol. The topological polar surface area (TPSA) is 9.23 Å². The van der Waals surface area contributed by atoms with Crippen molar-refractivity contribution in [1.29, 1.82) is 0 Å². The van der Waals surface area contributed by atoms with Gasteiger partial charge >= 0.3 is 0 Å². The zero-order chi connectivity index (χ0) is 28.2. The van der Waals surface area contributed by atoms with Gasteiger partial charge in [0.1, 0.15) is 0 Å². The molecule has 3 aromatic carbocycles. The van der Waals surface area contributed by atoms with Crippen LogP contribution in [0.4, 0.5) is 17.6 Å². The molecule has 1 saturated carbocycles. The number of hydrogen-bond acceptors (Lipinski definition) is 1. The van der Waals surface area contributed by atoms with Crippen LogP contribution in [0, 0.1) is 41.0 Å². The molecule has 1 nitrogen and oxygen atoms in total. The Morgan fingerprint density at radius 3 is 1.80 bits per heavy atom. The maximum atomic E-state index is 15.3. The molecule has 3 aromatic rings. The predicted molar refractivity (Wildman–Crippen MR) is 154 cm³/mol. The van der Waals surface area contributed by atoms with Gasteiger partial charge in [-0.05, 0) is 85.6 Å². The van der Waals surface area contributed by atoms with Crippen LogP contribution < -0.4 is 4.74 Å². The Labute approximate surface area is 235 Å². The largest absolute Gasteiger partial charge is 0.491 e. The van der Waals surface area contributed by atoms with Gasteiger partial charge in [-0.2, -0.15) is 4.39 Å². The zero-order valence-electron chi connectivity index (χ0n) is 23.4. The fourth-order valence-electron chi connectivity index (χ4n) is 6.76. The summed E-state index contributed by atoms with van der Waals surface area (Å²) >= 11 is 0. The van der Waals surface area contributed by atoms with Crippen LogP contribution in [0.15, 0.2) is 54.6 Å². The van der Waals surface area contributed by atoms with Gasteiger partial charge in [-0.1, -0.05) is 75.1 Å². The van der Waals surface area contributed by atoms with Crippen molar-refractivity contribution in [1.82, 2.24) is 0 Å². The Balaban J connectivity index is 1.29. The first kappa shape index (κ1) is 28.4. The molecule has 0 bridgehead atoms. The van der Waals surface area contributed by atoms with Gasteiger partial charge in [0.05, 0.1) is 6.61 Å². The third-order valence-corrected chi connectivity index (χ3v) is 8.99. The number of ether oxygens (including phenoxy) is 1. The lowest BCUT2D eigenvalue weighted by Gasteiger charge is -2.35. The summed E-state index contributed by atoms with van der Waals surface area (Å²) in [4.78, 5) is 0. The van der Waals surface area contributed by atoms with Gasteiger partial charge in [-0.25, -0.2) is 13.2 Å². The van der Waals surface area contributed by atoms with E-state index in [0.717, 1.165) is 36.7 Å². The Kier molecular flexibility index (Phi) is 8.97. The van der Waals surface area contributed by atoms with Crippen molar-refractivity contribution < 1.29 is 22.3 Å². The average Bonchev–Trinajstić information content (AvgIpc) is 2.98. The lowest BCUT2D eigenvalue weighted by molar-refractivity contribution is 0.189. The predicted octanol–water partition coefficient (Wildman–Crippen LogP) is 10.8. The molecule has 2 aliphatic rings. The third-order valence-electron chi connectivity index (χ3n) is 8.99. The van der Waals surface area contributed by atoms with Gasteiger partial charge in [0.15, 0.2) is 23.2 Å². The minimum absolute atomic E-state index is 0.0750. The molecule has 0 amide bonds.